The number of nitrogens with zero attached hydrogens (tertiary/aromatic N) is 2. The monoisotopic (exact) mass is 385 g/mol. The fourth-order valence-corrected chi connectivity index (χ4v) is 3.34. The normalized spacial score (nSPS) is 19.6. The van der Waals surface area contributed by atoms with Gasteiger partial charge in [0.25, 0.3) is 5.91 Å². The van der Waals surface area contributed by atoms with Gasteiger partial charge in [-0.15, -0.1) is 0 Å². The smallest absolute Gasteiger partial charge is 0.289 e. The number of aromatic nitrogens is 2. The Kier molecular flexibility index (Phi) is 4.87. The van der Waals surface area contributed by atoms with Crippen LogP contribution in [0.3, 0.4) is 0 Å². The summed E-state index contributed by atoms with van der Waals surface area (Å²) in [6, 6.07) is 11.4. The molecule has 0 radical (unpaired) electrons. The molecular weight excluding hydrogens is 365 g/mol. The molecule has 2 heterocycles. The number of β-amino-alcohol motifs (C(OH)–C–C–N with tert-alkyl or cyclic N) is 1. The minimum atomic E-state index is -0.892. The van der Waals surface area contributed by atoms with Gasteiger partial charge in [0.1, 0.15) is 18.0 Å². The zero-order chi connectivity index (χ0) is 19.7. The van der Waals surface area contributed by atoms with Crippen LogP contribution in [0.15, 0.2) is 42.5 Å². The van der Waals surface area contributed by atoms with E-state index in [0.29, 0.717) is 24.2 Å². The Bertz CT molecular complexity index is 973. The number of likely N-dealkylation sites (tertiary alicyclic amines) is 1. The minimum Gasteiger partial charge on any atom is -0.493 e. The lowest BCUT2D eigenvalue weighted by molar-refractivity contribution is -0.0210. The van der Waals surface area contributed by atoms with Crippen molar-refractivity contribution in [3.05, 3.63) is 54.1 Å². The zero-order valence-corrected chi connectivity index (χ0v) is 15.3. The molecule has 2 aromatic carbocycles. The average molecular weight is 385 g/mol. The fourth-order valence-electron chi connectivity index (χ4n) is 3.34. The van der Waals surface area contributed by atoms with Crippen molar-refractivity contribution in [2.24, 2.45) is 0 Å². The summed E-state index contributed by atoms with van der Waals surface area (Å²) in [6.45, 7) is 0.519. The van der Waals surface area contributed by atoms with Gasteiger partial charge in [-0.3, -0.25) is 4.79 Å². The van der Waals surface area contributed by atoms with Crippen LogP contribution in [0.1, 0.15) is 17.0 Å². The largest absolute Gasteiger partial charge is 0.493 e. The summed E-state index contributed by atoms with van der Waals surface area (Å²) in [5, 5.41) is 10.5. The molecular formula is C20H20FN3O4. The van der Waals surface area contributed by atoms with E-state index in [9.17, 15) is 14.3 Å². The summed E-state index contributed by atoms with van der Waals surface area (Å²) in [6.07, 6.45) is -0.996. The first-order valence-electron chi connectivity index (χ1n) is 8.97. The molecule has 0 unspecified atom stereocenters. The van der Waals surface area contributed by atoms with E-state index in [4.69, 9.17) is 9.47 Å². The van der Waals surface area contributed by atoms with Crippen molar-refractivity contribution in [1.29, 1.82) is 0 Å². The maximum Gasteiger partial charge on any atom is 0.289 e. The first kappa shape index (κ1) is 18.2. The number of rotatable bonds is 4. The molecule has 1 fully saturated rings. The van der Waals surface area contributed by atoms with Gasteiger partial charge in [0, 0.05) is 19.0 Å². The number of H-pyrrole nitrogens is 1. The Hall–Kier alpha value is -3.13. The molecule has 146 valence electrons. The molecule has 1 aliphatic heterocycles. The van der Waals surface area contributed by atoms with Crippen molar-refractivity contribution in [2.45, 2.75) is 18.6 Å². The highest BCUT2D eigenvalue weighted by Gasteiger charge is 2.33. The number of amides is 1. The predicted octanol–water partition coefficient (Wildman–Crippen LogP) is 2.37. The number of benzene rings is 2. The summed E-state index contributed by atoms with van der Waals surface area (Å²) >= 11 is 0. The molecule has 0 aliphatic carbocycles. The number of aromatic amines is 1. The summed E-state index contributed by atoms with van der Waals surface area (Å²) in [4.78, 5) is 21.6. The van der Waals surface area contributed by atoms with Crippen molar-refractivity contribution in [2.75, 3.05) is 20.2 Å². The third-order valence-corrected chi connectivity index (χ3v) is 4.80. The lowest BCUT2D eigenvalue weighted by Gasteiger charge is -2.35. The van der Waals surface area contributed by atoms with Gasteiger partial charge in [-0.25, -0.2) is 9.37 Å². The maximum absolute atomic E-state index is 13.3. The second kappa shape index (κ2) is 7.47. The first-order valence-corrected chi connectivity index (χ1v) is 8.97. The minimum absolute atomic E-state index is 0.115. The summed E-state index contributed by atoms with van der Waals surface area (Å²) in [7, 11) is 1.42. The van der Waals surface area contributed by atoms with E-state index < -0.39 is 18.0 Å². The molecule has 2 atom stereocenters. The average Bonchev–Trinajstić information content (AvgIpc) is 3.14. The van der Waals surface area contributed by atoms with Gasteiger partial charge in [-0.05, 0) is 24.3 Å². The summed E-state index contributed by atoms with van der Waals surface area (Å²) in [5.41, 5.74) is 1.50. The molecule has 0 bridgehead atoms. The van der Waals surface area contributed by atoms with E-state index in [-0.39, 0.29) is 24.0 Å². The van der Waals surface area contributed by atoms with Gasteiger partial charge in [-0.2, -0.15) is 0 Å². The van der Waals surface area contributed by atoms with E-state index >= 15 is 0 Å². The number of aliphatic hydroxyl groups is 1. The van der Waals surface area contributed by atoms with Gasteiger partial charge in [0.05, 0.1) is 24.7 Å². The Labute approximate surface area is 160 Å². The second-order valence-electron chi connectivity index (χ2n) is 6.66. The SMILES string of the molecule is COc1cc(F)ccc1O[C@@H]1CCN(C(=O)c2nc3ccccc3[nH]2)C[C@H]1O. The number of fused-ring (bicyclic) bond motifs is 1. The lowest BCUT2D eigenvalue weighted by Crippen LogP contribution is -2.51. The number of carbonyl (C=O) groups is 1. The van der Waals surface area contributed by atoms with Crippen molar-refractivity contribution < 1.29 is 23.8 Å². The number of ether oxygens (including phenoxy) is 2. The standard InChI is InChI=1S/C20H20FN3O4/c1-27-18-10-12(21)6-7-17(18)28-16-8-9-24(11-15(16)25)20(26)19-22-13-4-2-3-5-14(13)23-19/h2-7,10,15-16,25H,8-9,11H2,1H3,(H,22,23)/t15-,16-/m1/s1. The number of carbonyl (C=O) groups excluding carboxylic acids is 1. The number of aliphatic hydroxyl groups excluding tert-OH is 1. The number of hydrogen-bond acceptors (Lipinski definition) is 5. The van der Waals surface area contributed by atoms with Gasteiger partial charge in [0.15, 0.2) is 17.3 Å². The van der Waals surface area contributed by atoms with Crippen molar-refractivity contribution >= 4 is 16.9 Å². The third-order valence-electron chi connectivity index (χ3n) is 4.80. The topological polar surface area (TPSA) is 87.7 Å². The molecule has 8 heteroatoms. The van der Waals surface area contributed by atoms with Crippen molar-refractivity contribution in [1.82, 2.24) is 14.9 Å². The molecule has 0 saturated carbocycles. The number of halogens is 1. The van der Waals surface area contributed by atoms with Crippen LogP contribution in [-0.2, 0) is 0 Å². The molecule has 28 heavy (non-hydrogen) atoms. The van der Waals surface area contributed by atoms with Crippen LogP contribution in [0.4, 0.5) is 4.39 Å². The number of piperidine rings is 1. The molecule has 1 aliphatic rings. The molecule has 4 rings (SSSR count). The van der Waals surface area contributed by atoms with E-state index in [1.807, 2.05) is 24.3 Å². The van der Waals surface area contributed by atoms with E-state index in [2.05, 4.69) is 9.97 Å². The highest BCUT2D eigenvalue weighted by molar-refractivity contribution is 5.94. The Balaban J connectivity index is 1.44. The van der Waals surface area contributed by atoms with Gasteiger partial charge in [0.2, 0.25) is 0 Å². The summed E-state index contributed by atoms with van der Waals surface area (Å²) < 4.78 is 24.3. The highest BCUT2D eigenvalue weighted by Crippen LogP contribution is 2.30. The molecule has 1 amide bonds. The Morgan fingerprint density at radius 2 is 2.11 bits per heavy atom. The van der Waals surface area contributed by atoms with Crippen molar-refractivity contribution in [3.8, 4) is 11.5 Å². The molecule has 7 nitrogen and oxygen atoms in total. The second-order valence-corrected chi connectivity index (χ2v) is 6.66. The van der Waals surface area contributed by atoms with E-state index in [1.54, 1.807) is 4.90 Å². The number of para-hydroxylation sites is 2. The number of methoxy groups -OCH3 is 1. The molecule has 1 saturated heterocycles. The fraction of sp³-hybridized carbons (Fsp3) is 0.300. The van der Waals surface area contributed by atoms with Crippen LogP contribution in [0.25, 0.3) is 11.0 Å². The van der Waals surface area contributed by atoms with Crippen LogP contribution in [0.5, 0.6) is 11.5 Å². The van der Waals surface area contributed by atoms with Crippen molar-refractivity contribution in [3.63, 3.8) is 0 Å². The molecule has 0 spiro atoms. The summed E-state index contributed by atoms with van der Waals surface area (Å²) in [5.74, 6) is 0.148. The van der Waals surface area contributed by atoms with Crippen LogP contribution in [0, 0.1) is 5.82 Å². The first-order chi connectivity index (χ1) is 13.5. The number of hydrogen-bond donors (Lipinski definition) is 2. The zero-order valence-electron chi connectivity index (χ0n) is 15.3. The molecule has 2 N–H and O–H groups in total. The van der Waals surface area contributed by atoms with E-state index in [1.165, 1.54) is 25.3 Å². The highest BCUT2D eigenvalue weighted by atomic mass is 19.1. The Morgan fingerprint density at radius 1 is 1.29 bits per heavy atom. The van der Waals surface area contributed by atoms with Gasteiger partial charge < -0.3 is 24.5 Å². The van der Waals surface area contributed by atoms with Gasteiger partial charge >= 0.3 is 0 Å². The van der Waals surface area contributed by atoms with Gasteiger partial charge in [-0.1, -0.05) is 12.1 Å². The van der Waals surface area contributed by atoms with Crippen LogP contribution in [0.2, 0.25) is 0 Å². The quantitative estimate of drug-likeness (QED) is 0.720. The third kappa shape index (κ3) is 3.50. The maximum atomic E-state index is 13.3. The lowest BCUT2D eigenvalue weighted by atomic mass is 10.0. The molecule has 1 aromatic heterocycles. The van der Waals surface area contributed by atoms with Crippen LogP contribution >= 0.6 is 0 Å². The van der Waals surface area contributed by atoms with E-state index in [0.717, 1.165) is 5.52 Å². The Morgan fingerprint density at radius 3 is 2.86 bits per heavy atom. The predicted molar refractivity (Wildman–Crippen MR) is 100.0 cm³/mol. The molecule has 3 aromatic rings. The number of nitrogens with one attached hydrogen (secondary N) is 1. The van der Waals surface area contributed by atoms with Crippen LogP contribution < -0.4 is 9.47 Å². The van der Waals surface area contributed by atoms with Crippen LogP contribution in [-0.4, -0.2) is 58.3 Å². The number of imidazole rings is 1.